The molecule has 0 unspecified atom stereocenters. The number of amides is 1. The lowest BCUT2D eigenvalue weighted by molar-refractivity contribution is -0.120. The summed E-state index contributed by atoms with van der Waals surface area (Å²) in [5, 5.41) is 17.3. The third-order valence-corrected chi connectivity index (χ3v) is 2.66. The molecule has 1 rings (SSSR count). The highest BCUT2D eigenvalue weighted by molar-refractivity contribution is 5.97. The molecule has 0 saturated heterocycles. The summed E-state index contributed by atoms with van der Waals surface area (Å²) >= 11 is 0. The zero-order valence-corrected chi connectivity index (χ0v) is 11.6. The molecule has 0 atom stereocenters. The van der Waals surface area contributed by atoms with Gasteiger partial charge in [-0.1, -0.05) is 5.16 Å². The Labute approximate surface area is 117 Å². The molecule has 1 aromatic rings. The van der Waals surface area contributed by atoms with Crippen LogP contribution < -0.4 is 21.1 Å². The molecule has 0 radical (unpaired) electrons. The van der Waals surface area contributed by atoms with Crippen LogP contribution in [-0.2, 0) is 11.3 Å². The van der Waals surface area contributed by atoms with Crippen molar-refractivity contribution in [3.8, 4) is 5.75 Å². The zero-order chi connectivity index (χ0) is 15.0. The Kier molecular flexibility index (Phi) is 6.31. The maximum Gasteiger partial charge on any atom is 0.233 e. The van der Waals surface area contributed by atoms with Gasteiger partial charge in [0.05, 0.1) is 13.7 Å². The Morgan fingerprint density at radius 3 is 2.85 bits per heavy atom. The maximum absolute atomic E-state index is 11.3. The van der Waals surface area contributed by atoms with E-state index in [1.165, 1.54) is 0 Å². The van der Waals surface area contributed by atoms with Crippen LogP contribution in [0, 0.1) is 0 Å². The molecule has 5 N–H and O–H groups in total. The fourth-order valence-electron chi connectivity index (χ4n) is 1.70. The van der Waals surface area contributed by atoms with Gasteiger partial charge in [-0.25, -0.2) is 0 Å². The van der Waals surface area contributed by atoms with Gasteiger partial charge in [0.1, 0.15) is 5.75 Å². The number of nitrogens with one attached hydrogen (secondary N) is 2. The molecule has 0 bridgehead atoms. The van der Waals surface area contributed by atoms with Crippen molar-refractivity contribution < 1.29 is 14.7 Å². The minimum absolute atomic E-state index is 0.0256. The standard InChI is InChI=1S/C13H20N4O3/c1-3-16-12(18)8-15-7-10-6-9(13(14)17-19)4-5-11(10)20-2/h4-6,15,19H,3,7-8H2,1-2H3,(H2,14,17)(H,16,18). The van der Waals surface area contributed by atoms with Crippen LogP contribution in [0.3, 0.4) is 0 Å². The molecule has 0 aliphatic heterocycles. The summed E-state index contributed by atoms with van der Waals surface area (Å²) in [6, 6.07) is 5.18. The average Bonchev–Trinajstić information content (AvgIpc) is 2.46. The third-order valence-electron chi connectivity index (χ3n) is 2.66. The Bertz CT molecular complexity index is 489. The molecule has 1 amide bonds. The first kappa shape index (κ1) is 15.8. The van der Waals surface area contributed by atoms with Crippen LogP contribution in [0.5, 0.6) is 5.75 Å². The second-order valence-electron chi connectivity index (χ2n) is 4.07. The van der Waals surface area contributed by atoms with E-state index < -0.39 is 0 Å². The first-order chi connectivity index (χ1) is 9.62. The Balaban J connectivity index is 2.74. The van der Waals surface area contributed by atoms with Gasteiger partial charge in [-0.2, -0.15) is 0 Å². The van der Waals surface area contributed by atoms with E-state index >= 15 is 0 Å². The molecule has 7 nitrogen and oxygen atoms in total. The van der Waals surface area contributed by atoms with Crippen molar-refractivity contribution in [3.05, 3.63) is 29.3 Å². The lowest BCUT2D eigenvalue weighted by Gasteiger charge is -2.11. The molecule has 0 saturated carbocycles. The number of nitrogens with two attached hydrogens (primary N) is 1. The van der Waals surface area contributed by atoms with E-state index in [0.717, 1.165) is 5.56 Å². The van der Waals surface area contributed by atoms with E-state index in [0.29, 0.717) is 24.4 Å². The molecule has 0 aromatic heterocycles. The minimum atomic E-state index is -0.0703. The van der Waals surface area contributed by atoms with Crippen LogP contribution >= 0.6 is 0 Å². The van der Waals surface area contributed by atoms with Crippen LogP contribution in [0.2, 0.25) is 0 Å². The van der Waals surface area contributed by atoms with Gasteiger partial charge >= 0.3 is 0 Å². The molecule has 110 valence electrons. The summed E-state index contributed by atoms with van der Waals surface area (Å²) in [4.78, 5) is 11.3. The Morgan fingerprint density at radius 2 is 2.25 bits per heavy atom. The van der Waals surface area contributed by atoms with Gasteiger partial charge in [-0.05, 0) is 25.1 Å². The molecule has 0 aliphatic rings. The number of hydrogen-bond acceptors (Lipinski definition) is 5. The zero-order valence-electron chi connectivity index (χ0n) is 11.6. The van der Waals surface area contributed by atoms with Gasteiger partial charge < -0.3 is 26.3 Å². The summed E-state index contributed by atoms with van der Waals surface area (Å²) in [6.07, 6.45) is 0. The highest BCUT2D eigenvalue weighted by atomic mass is 16.5. The van der Waals surface area contributed by atoms with Crippen LogP contribution in [-0.4, -0.2) is 37.1 Å². The maximum atomic E-state index is 11.3. The first-order valence-electron chi connectivity index (χ1n) is 6.24. The van der Waals surface area contributed by atoms with Gasteiger partial charge in [0.15, 0.2) is 5.84 Å². The number of benzene rings is 1. The van der Waals surface area contributed by atoms with Crippen molar-refractivity contribution in [2.75, 3.05) is 20.2 Å². The van der Waals surface area contributed by atoms with Gasteiger partial charge in [0.2, 0.25) is 5.91 Å². The van der Waals surface area contributed by atoms with E-state index in [9.17, 15) is 4.79 Å². The lowest BCUT2D eigenvalue weighted by atomic mass is 10.1. The second kappa shape index (κ2) is 8.00. The summed E-state index contributed by atoms with van der Waals surface area (Å²) in [7, 11) is 1.56. The van der Waals surface area contributed by atoms with Gasteiger partial charge in [0.25, 0.3) is 0 Å². The number of nitrogens with zero attached hydrogens (tertiary/aromatic N) is 1. The SMILES string of the molecule is CCNC(=O)CNCc1cc(/C(N)=N/O)ccc1OC. The van der Waals surface area contributed by atoms with E-state index in [-0.39, 0.29) is 18.3 Å². The molecular formula is C13H20N4O3. The van der Waals surface area contributed by atoms with E-state index in [2.05, 4.69) is 15.8 Å². The van der Waals surface area contributed by atoms with Crippen molar-refractivity contribution in [1.29, 1.82) is 0 Å². The Hall–Kier alpha value is -2.28. The monoisotopic (exact) mass is 280 g/mol. The van der Waals surface area contributed by atoms with Gasteiger partial charge in [-0.15, -0.1) is 0 Å². The molecule has 0 spiro atoms. The number of likely N-dealkylation sites (N-methyl/N-ethyl adjacent to an activating group) is 1. The van der Waals surface area contributed by atoms with Crippen LogP contribution in [0.15, 0.2) is 23.4 Å². The van der Waals surface area contributed by atoms with Crippen LogP contribution in [0.4, 0.5) is 0 Å². The van der Waals surface area contributed by atoms with Crippen molar-refractivity contribution in [1.82, 2.24) is 10.6 Å². The largest absolute Gasteiger partial charge is 0.496 e. The minimum Gasteiger partial charge on any atom is -0.496 e. The van der Waals surface area contributed by atoms with E-state index in [1.807, 2.05) is 6.92 Å². The number of oxime groups is 1. The molecule has 0 fully saturated rings. The smallest absolute Gasteiger partial charge is 0.233 e. The quantitative estimate of drug-likeness (QED) is 0.243. The normalized spacial score (nSPS) is 11.2. The van der Waals surface area contributed by atoms with Crippen molar-refractivity contribution >= 4 is 11.7 Å². The van der Waals surface area contributed by atoms with Crippen LogP contribution in [0.1, 0.15) is 18.1 Å². The number of carbonyl (C=O) groups is 1. The Morgan fingerprint density at radius 1 is 1.50 bits per heavy atom. The van der Waals surface area contributed by atoms with Gasteiger partial charge in [0, 0.05) is 24.2 Å². The fraction of sp³-hybridized carbons (Fsp3) is 0.385. The van der Waals surface area contributed by atoms with Crippen molar-refractivity contribution in [3.63, 3.8) is 0 Å². The van der Waals surface area contributed by atoms with Crippen molar-refractivity contribution in [2.45, 2.75) is 13.5 Å². The van der Waals surface area contributed by atoms with Crippen molar-refractivity contribution in [2.24, 2.45) is 10.9 Å². The molecule has 0 heterocycles. The molecule has 0 aliphatic carbocycles. The third kappa shape index (κ3) is 4.43. The van der Waals surface area contributed by atoms with Crippen LogP contribution in [0.25, 0.3) is 0 Å². The molecule has 20 heavy (non-hydrogen) atoms. The highest BCUT2D eigenvalue weighted by Crippen LogP contribution is 2.19. The topological polar surface area (TPSA) is 109 Å². The van der Waals surface area contributed by atoms with E-state index in [1.54, 1.807) is 25.3 Å². The molecule has 1 aromatic carbocycles. The number of amidine groups is 1. The number of hydrogen-bond donors (Lipinski definition) is 4. The average molecular weight is 280 g/mol. The summed E-state index contributed by atoms with van der Waals surface area (Å²) in [5.41, 5.74) is 6.95. The number of ether oxygens (including phenoxy) is 1. The molecular weight excluding hydrogens is 260 g/mol. The summed E-state index contributed by atoms with van der Waals surface area (Å²) in [5.74, 6) is 0.625. The van der Waals surface area contributed by atoms with E-state index in [4.69, 9.17) is 15.7 Å². The number of rotatable bonds is 7. The number of methoxy groups -OCH3 is 1. The predicted octanol–water partition coefficient (Wildman–Crippen LogP) is 0.0154. The lowest BCUT2D eigenvalue weighted by Crippen LogP contribution is -2.33. The van der Waals surface area contributed by atoms with Gasteiger partial charge in [-0.3, -0.25) is 4.79 Å². The number of carbonyl (C=O) groups excluding carboxylic acids is 1. The fourth-order valence-corrected chi connectivity index (χ4v) is 1.70. The second-order valence-corrected chi connectivity index (χ2v) is 4.07. The highest BCUT2D eigenvalue weighted by Gasteiger charge is 2.08. The predicted molar refractivity (Wildman–Crippen MR) is 75.9 cm³/mol. The first-order valence-corrected chi connectivity index (χ1v) is 6.24. The molecule has 7 heteroatoms. The summed E-state index contributed by atoms with van der Waals surface area (Å²) in [6.45, 7) is 3.11. The summed E-state index contributed by atoms with van der Waals surface area (Å²) < 4.78 is 5.23.